The number of carbonyl (C=O) groups is 1. The number of aromatic nitrogens is 4. The minimum absolute atomic E-state index is 0.298. The largest absolute Gasteiger partial charge is 0.289 e. The number of para-hydroxylation sites is 1. The zero-order valence-electron chi connectivity index (χ0n) is 14.8. The minimum atomic E-state index is -0.379. The highest BCUT2D eigenvalue weighted by Crippen LogP contribution is 2.21. The van der Waals surface area contributed by atoms with Crippen molar-refractivity contribution >= 4 is 12.1 Å². The van der Waals surface area contributed by atoms with Crippen molar-refractivity contribution in [2.24, 2.45) is 5.10 Å². The predicted octanol–water partition coefficient (Wildman–Crippen LogP) is 3.09. The Hall–Kier alpha value is -4.13. The molecule has 0 fully saturated rings. The SMILES string of the molecule is O=C(N/N=C\c1cn(-c2ccccc2)nc1-c1cccnc1)c1ccccn1. The topological polar surface area (TPSA) is 85.1 Å². The molecule has 0 saturated carbocycles. The van der Waals surface area contributed by atoms with Crippen LogP contribution in [0.15, 0.2) is 90.6 Å². The van der Waals surface area contributed by atoms with E-state index in [4.69, 9.17) is 0 Å². The first-order chi connectivity index (χ1) is 13.8. The van der Waals surface area contributed by atoms with Gasteiger partial charge in [-0.05, 0) is 36.4 Å². The van der Waals surface area contributed by atoms with Gasteiger partial charge in [0.25, 0.3) is 5.91 Å². The number of nitrogens with one attached hydrogen (secondary N) is 1. The van der Waals surface area contributed by atoms with Crippen LogP contribution in [0.2, 0.25) is 0 Å². The second-order valence-electron chi connectivity index (χ2n) is 5.87. The second kappa shape index (κ2) is 8.05. The van der Waals surface area contributed by atoms with Crippen molar-refractivity contribution in [3.05, 3.63) is 96.7 Å². The fourth-order valence-electron chi connectivity index (χ4n) is 2.64. The summed E-state index contributed by atoms with van der Waals surface area (Å²) in [6, 6.07) is 18.7. The van der Waals surface area contributed by atoms with E-state index >= 15 is 0 Å². The van der Waals surface area contributed by atoms with E-state index in [1.807, 2.05) is 48.7 Å². The molecule has 136 valence electrons. The van der Waals surface area contributed by atoms with Crippen molar-refractivity contribution in [3.8, 4) is 16.9 Å². The Morgan fingerprint density at radius 2 is 1.86 bits per heavy atom. The van der Waals surface area contributed by atoms with Crippen molar-refractivity contribution in [1.29, 1.82) is 0 Å². The molecule has 1 N–H and O–H groups in total. The van der Waals surface area contributed by atoms with Gasteiger partial charge >= 0.3 is 0 Å². The van der Waals surface area contributed by atoms with E-state index in [0.717, 1.165) is 16.8 Å². The Balaban J connectivity index is 1.63. The Morgan fingerprint density at radius 3 is 2.61 bits per heavy atom. The van der Waals surface area contributed by atoms with Gasteiger partial charge in [0.15, 0.2) is 0 Å². The van der Waals surface area contributed by atoms with Crippen LogP contribution in [0.3, 0.4) is 0 Å². The predicted molar refractivity (Wildman–Crippen MR) is 106 cm³/mol. The average molecular weight is 368 g/mol. The molecule has 1 amide bonds. The molecule has 4 aromatic rings. The fourth-order valence-corrected chi connectivity index (χ4v) is 2.64. The first-order valence-electron chi connectivity index (χ1n) is 8.61. The van der Waals surface area contributed by atoms with Crippen LogP contribution >= 0.6 is 0 Å². The number of pyridine rings is 2. The number of nitrogens with zero attached hydrogens (tertiary/aromatic N) is 5. The van der Waals surface area contributed by atoms with Crippen molar-refractivity contribution < 1.29 is 4.79 Å². The van der Waals surface area contributed by atoms with Gasteiger partial charge in [0.05, 0.1) is 11.9 Å². The van der Waals surface area contributed by atoms with Crippen LogP contribution in [0, 0.1) is 0 Å². The van der Waals surface area contributed by atoms with Gasteiger partial charge in [-0.3, -0.25) is 14.8 Å². The third kappa shape index (κ3) is 3.83. The van der Waals surface area contributed by atoms with Gasteiger partial charge in [-0.2, -0.15) is 10.2 Å². The molecule has 0 spiro atoms. The van der Waals surface area contributed by atoms with E-state index in [9.17, 15) is 4.79 Å². The molecule has 0 aliphatic rings. The summed E-state index contributed by atoms with van der Waals surface area (Å²) in [4.78, 5) is 20.3. The van der Waals surface area contributed by atoms with Crippen LogP contribution in [0.25, 0.3) is 16.9 Å². The van der Waals surface area contributed by atoms with E-state index in [0.29, 0.717) is 11.4 Å². The smallest absolute Gasteiger partial charge is 0.266 e. The summed E-state index contributed by atoms with van der Waals surface area (Å²) in [5.74, 6) is -0.379. The number of carbonyl (C=O) groups excluding carboxylic acids is 1. The van der Waals surface area contributed by atoms with Crippen LogP contribution in [0.1, 0.15) is 16.1 Å². The molecule has 0 unspecified atom stereocenters. The number of hydrogen-bond acceptors (Lipinski definition) is 5. The molecule has 0 aliphatic heterocycles. The molecule has 3 heterocycles. The van der Waals surface area contributed by atoms with Gasteiger partial charge in [-0.25, -0.2) is 10.1 Å². The zero-order chi connectivity index (χ0) is 19.2. The van der Waals surface area contributed by atoms with Gasteiger partial charge in [0.2, 0.25) is 0 Å². The van der Waals surface area contributed by atoms with E-state index in [2.05, 4.69) is 25.6 Å². The van der Waals surface area contributed by atoms with E-state index < -0.39 is 0 Å². The summed E-state index contributed by atoms with van der Waals surface area (Å²) >= 11 is 0. The molecule has 7 heteroatoms. The molecule has 4 rings (SSSR count). The second-order valence-corrected chi connectivity index (χ2v) is 5.87. The third-order valence-corrected chi connectivity index (χ3v) is 3.97. The third-order valence-electron chi connectivity index (χ3n) is 3.97. The van der Waals surface area contributed by atoms with Crippen molar-refractivity contribution in [2.45, 2.75) is 0 Å². The molecule has 0 bridgehead atoms. The zero-order valence-corrected chi connectivity index (χ0v) is 14.8. The lowest BCUT2D eigenvalue weighted by atomic mass is 10.1. The molecule has 0 atom stereocenters. The molecule has 28 heavy (non-hydrogen) atoms. The van der Waals surface area contributed by atoms with Gasteiger partial charge in [0, 0.05) is 35.9 Å². The first kappa shape index (κ1) is 17.3. The molecule has 0 saturated heterocycles. The van der Waals surface area contributed by atoms with Gasteiger partial charge in [0.1, 0.15) is 11.4 Å². The Bertz CT molecular complexity index is 1090. The lowest BCUT2D eigenvalue weighted by Crippen LogP contribution is -2.18. The van der Waals surface area contributed by atoms with E-state index in [1.54, 1.807) is 47.7 Å². The minimum Gasteiger partial charge on any atom is -0.266 e. The first-order valence-corrected chi connectivity index (χ1v) is 8.61. The Morgan fingerprint density at radius 1 is 1.00 bits per heavy atom. The van der Waals surface area contributed by atoms with Crippen LogP contribution in [-0.4, -0.2) is 31.9 Å². The Kier molecular flexibility index (Phi) is 4.97. The van der Waals surface area contributed by atoms with E-state index in [1.165, 1.54) is 0 Å². The van der Waals surface area contributed by atoms with Crippen LogP contribution in [0.4, 0.5) is 0 Å². The lowest BCUT2D eigenvalue weighted by Gasteiger charge is -2.00. The summed E-state index contributed by atoms with van der Waals surface area (Å²) in [5.41, 5.74) is 6.03. The monoisotopic (exact) mass is 368 g/mol. The van der Waals surface area contributed by atoms with E-state index in [-0.39, 0.29) is 5.91 Å². The van der Waals surface area contributed by atoms with Crippen LogP contribution in [0.5, 0.6) is 0 Å². The highest BCUT2D eigenvalue weighted by molar-refractivity contribution is 5.94. The summed E-state index contributed by atoms with van der Waals surface area (Å²) in [6.07, 6.45) is 8.42. The summed E-state index contributed by atoms with van der Waals surface area (Å²) in [5, 5.41) is 8.74. The molecular formula is C21H16N6O. The number of rotatable bonds is 5. The van der Waals surface area contributed by atoms with Gasteiger partial charge in [-0.1, -0.05) is 24.3 Å². The molecule has 1 aromatic carbocycles. The van der Waals surface area contributed by atoms with Gasteiger partial charge in [-0.15, -0.1) is 0 Å². The maximum Gasteiger partial charge on any atom is 0.289 e. The fraction of sp³-hybridized carbons (Fsp3) is 0. The quantitative estimate of drug-likeness (QED) is 0.433. The molecule has 3 aromatic heterocycles. The maximum atomic E-state index is 12.1. The summed E-state index contributed by atoms with van der Waals surface area (Å²) in [7, 11) is 0. The summed E-state index contributed by atoms with van der Waals surface area (Å²) in [6.45, 7) is 0. The number of hydrazone groups is 1. The summed E-state index contributed by atoms with van der Waals surface area (Å²) < 4.78 is 1.77. The van der Waals surface area contributed by atoms with Crippen molar-refractivity contribution in [2.75, 3.05) is 0 Å². The van der Waals surface area contributed by atoms with Crippen molar-refractivity contribution in [3.63, 3.8) is 0 Å². The number of hydrogen-bond donors (Lipinski definition) is 1. The van der Waals surface area contributed by atoms with Crippen molar-refractivity contribution in [1.82, 2.24) is 25.2 Å². The standard InChI is InChI=1S/C21H16N6O/c28-21(19-10-4-5-12-23-19)25-24-14-17-15-27(18-8-2-1-3-9-18)26-20(17)16-7-6-11-22-13-16/h1-15H,(H,25,28)/b24-14-. The molecular weight excluding hydrogens is 352 g/mol. The van der Waals surface area contributed by atoms with Crippen LogP contribution < -0.4 is 5.43 Å². The number of amides is 1. The molecule has 7 nitrogen and oxygen atoms in total. The van der Waals surface area contributed by atoms with Gasteiger partial charge < -0.3 is 0 Å². The highest BCUT2D eigenvalue weighted by Gasteiger charge is 2.11. The molecule has 0 aliphatic carbocycles. The molecule has 0 radical (unpaired) electrons. The van der Waals surface area contributed by atoms with Crippen LogP contribution in [-0.2, 0) is 0 Å². The Labute approximate surface area is 161 Å². The average Bonchev–Trinajstić information content (AvgIpc) is 3.20. The normalized spacial score (nSPS) is 10.9. The lowest BCUT2D eigenvalue weighted by molar-refractivity contribution is 0.0950. The highest BCUT2D eigenvalue weighted by atomic mass is 16.2. The maximum absolute atomic E-state index is 12.1. The number of benzene rings is 1.